The van der Waals surface area contributed by atoms with Gasteiger partial charge in [0.1, 0.15) is 11.9 Å². The Morgan fingerprint density at radius 1 is 1.38 bits per heavy atom. The number of aliphatic hydroxyl groups is 1. The molecule has 0 aliphatic carbocycles. The zero-order valence-electron chi connectivity index (χ0n) is 12.1. The van der Waals surface area contributed by atoms with Gasteiger partial charge in [0.15, 0.2) is 0 Å². The predicted octanol–water partition coefficient (Wildman–Crippen LogP) is 2.96. The molecule has 1 unspecified atom stereocenters. The summed E-state index contributed by atoms with van der Waals surface area (Å²) in [4.78, 5) is 14.9. The first-order valence-electron chi connectivity index (χ1n) is 6.94. The third-order valence-electron chi connectivity index (χ3n) is 3.53. The molecular weight excluding hydrogens is 270 g/mol. The molecule has 112 valence electrons. The lowest BCUT2D eigenvalue weighted by molar-refractivity contribution is -0.384. The topological polar surface area (TPSA) is 88.3 Å². The van der Waals surface area contributed by atoms with Crippen LogP contribution in [-0.4, -0.2) is 27.7 Å². The van der Waals surface area contributed by atoms with Crippen LogP contribution in [0.1, 0.15) is 20.3 Å². The number of rotatable bonds is 6. The van der Waals surface area contributed by atoms with Crippen LogP contribution in [0.3, 0.4) is 0 Å². The molecule has 1 heterocycles. The fourth-order valence-corrected chi connectivity index (χ4v) is 2.32. The van der Waals surface area contributed by atoms with Crippen molar-refractivity contribution < 1.29 is 10.0 Å². The largest absolute Gasteiger partial charge is 0.396 e. The van der Waals surface area contributed by atoms with E-state index in [0.717, 1.165) is 5.39 Å². The van der Waals surface area contributed by atoms with Crippen molar-refractivity contribution in [2.24, 2.45) is 5.92 Å². The lowest BCUT2D eigenvalue weighted by atomic mass is 10.00. The fraction of sp³-hybridized carbons (Fsp3) is 0.400. The van der Waals surface area contributed by atoms with E-state index >= 15 is 0 Å². The number of aliphatic hydroxyl groups excluding tert-OH is 1. The van der Waals surface area contributed by atoms with Gasteiger partial charge in [0.2, 0.25) is 0 Å². The van der Waals surface area contributed by atoms with Crippen LogP contribution in [-0.2, 0) is 0 Å². The van der Waals surface area contributed by atoms with Gasteiger partial charge in [-0.25, -0.2) is 4.98 Å². The van der Waals surface area contributed by atoms with Gasteiger partial charge in [0.25, 0.3) is 0 Å². The molecule has 0 aliphatic heterocycles. The Kier molecular flexibility index (Phi) is 4.70. The van der Waals surface area contributed by atoms with Gasteiger partial charge in [0, 0.05) is 18.0 Å². The maximum Gasteiger partial charge on any atom is 0.311 e. The Hall–Kier alpha value is -2.21. The van der Waals surface area contributed by atoms with Crippen LogP contribution in [0.25, 0.3) is 10.9 Å². The second-order valence-electron chi connectivity index (χ2n) is 5.30. The third-order valence-corrected chi connectivity index (χ3v) is 3.53. The van der Waals surface area contributed by atoms with Gasteiger partial charge in [0.05, 0.1) is 10.4 Å². The molecule has 0 aliphatic rings. The quantitative estimate of drug-likeness (QED) is 0.630. The minimum Gasteiger partial charge on any atom is -0.396 e. The van der Waals surface area contributed by atoms with Crippen LogP contribution >= 0.6 is 0 Å². The number of nitrogens with one attached hydrogen (secondary N) is 1. The average molecular weight is 289 g/mol. The van der Waals surface area contributed by atoms with Crippen molar-refractivity contribution >= 4 is 22.3 Å². The average Bonchev–Trinajstić information content (AvgIpc) is 2.46. The molecule has 6 heteroatoms. The minimum absolute atomic E-state index is 0.0344. The Bertz CT molecular complexity index is 643. The summed E-state index contributed by atoms with van der Waals surface area (Å²) in [7, 11) is 0. The zero-order valence-corrected chi connectivity index (χ0v) is 12.1. The van der Waals surface area contributed by atoms with Crippen molar-refractivity contribution in [3.8, 4) is 0 Å². The van der Waals surface area contributed by atoms with Crippen molar-refractivity contribution in [3.63, 3.8) is 0 Å². The maximum atomic E-state index is 11.3. The van der Waals surface area contributed by atoms with Crippen LogP contribution < -0.4 is 5.32 Å². The smallest absolute Gasteiger partial charge is 0.311 e. The number of anilines is 1. The predicted molar refractivity (Wildman–Crippen MR) is 82.3 cm³/mol. The monoisotopic (exact) mass is 289 g/mol. The maximum absolute atomic E-state index is 11.3. The van der Waals surface area contributed by atoms with Gasteiger partial charge in [-0.2, -0.15) is 0 Å². The highest BCUT2D eigenvalue weighted by Crippen LogP contribution is 2.32. The molecule has 6 nitrogen and oxygen atoms in total. The van der Waals surface area contributed by atoms with E-state index in [-0.39, 0.29) is 24.3 Å². The van der Waals surface area contributed by atoms with Gasteiger partial charge < -0.3 is 10.4 Å². The van der Waals surface area contributed by atoms with Crippen molar-refractivity contribution in [1.29, 1.82) is 0 Å². The molecule has 0 amide bonds. The van der Waals surface area contributed by atoms with Crippen LogP contribution in [0.5, 0.6) is 0 Å². The molecule has 0 saturated heterocycles. The van der Waals surface area contributed by atoms with Gasteiger partial charge in [-0.05, 0) is 18.4 Å². The van der Waals surface area contributed by atoms with Crippen LogP contribution in [0, 0.1) is 16.0 Å². The standard InChI is InChI=1S/C15H19N3O3/c1-10(2)12(7-8-19)17-15-11-5-3-4-6-13(11)16-9-14(15)18(20)21/h3-6,9-10,12,19H,7-8H2,1-2H3,(H,16,17). The second kappa shape index (κ2) is 6.49. The van der Waals surface area contributed by atoms with Crippen LogP contribution in [0.15, 0.2) is 30.5 Å². The fourth-order valence-electron chi connectivity index (χ4n) is 2.32. The van der Waals surface area contributed by atoms with E-state index in [4.69, 9.17) is 5.11 Å². The third kappa shape index (κ3) is 3.28. The number of fused-ring (bicyclic) bond motifs is 1. The lowest BCUT2D eigenvalue weighted by Crippen LogP contribution is -2.27. The molecule has 2 rings (SSSR count). The highest BCUT2D eigenvalue weighted by atomic mass is 16.6. The molecular formula is C15H19N3O3. The number of aromatic nitrogens is 1. The van der Waals surface area contributed by atoms with E-state index in [9.17, 15) is 10.1 Å². The van der Waals surface area contributed by atoms with E-state index in [0.29, 0.717) is 17.6 Å². The van der Waals surface area contributed by atoms with Gasteiger partial charge in [-0.15, -0.1) is 0 Å². The van der Waals surface area contributed by atoms with Crippen molar-refractivity contribution in [1.82, 2.24) is 4.98 Å². The lowest BCUT2D eigenvalue weighted by Gasteiger charge is -2.23. The van der Waals surface area contributed by atoms with Gasteiger partial charge >= 0.3 is 5.69 Å². The van der Waals surface area contributed by atoms with E-state index in [1.165, 1.54) is 6.20 Å². The molecule has 1 atom stereocenters. The Balaban J connectivity index is 2.53. The van der Waals surface area contributed by atoms with Gasteiger partial charge in [-0.1, -0.05) is 32.0 Å². The molecule has 1 aromatic heterocycles. The summed E-state index contributed by atoms with van der Waals surface area (Å²) >= 11 is 0. The van der Waals surface area contributed by atoms with E-state index in [2.05, 4.69) is 10.3 Å². The molecule has 0 radical (unpaired) electrons. The summed E-state index contributed by atoms with van der Waals surface area (Å²) in [6.45, 7) is 4.07. The molecule has 0 fully saturated rings. The van der Waals surface area contributed by atoms with Crippen molar-refractivity contribution in [2.45, 2.75) is 26.3 Å². The summed E-state index contributed by atoms with van der Waals surface area (Å²) < 4.78 is 0. The summed E-state index contributed by atoms with van der Waals surface area (Å²) in [5, 5.41) is 24.4. The normalized spacial score (nSPS) is 12.6. The minimum atomic E-state index is -0.432. The first kappa shape index (κ1) is 15.2. The molecule has 0 saturated carbocycles. The van der Waals surface area contributed by atoms with Crippen molar-refractivity contribution in [2.75, 3.05) is 11.9 Å². The molecule has 2 N–H and O–H groups in total. The summed E-state index contributed by atoms with van der Waals surface area (Å²) in [6, 6.07) is 7.27. The Morgan fingerprint density at radius 2 is 2.10 bits per heavy atom. The SMILES string of the molecule is CC(C)C(CCO)Nc1c([N+](=O)[O-])cnc2ccccc12. The number of hydrogen-bond donors (Lipinski definition) is 2. The van der Waals surface area contributed by atoms with E-state index in [1.54, 1.807) is 0 Å². The summed E-state index contributed by atoms with van der Waals surface area (Å²) in [5.74, 6) is 0.240. The van der Waals surface area contributed by atoms with E-state index in [1.807, 2.05) is 38.1 Å². The summed E-state index contributed by atoms with van der Waals surface area (Å²) in [5.41, 5.74) is 1.13. The molecule has 2 aromatic rings. The number of pyridine rings is 1. The Morgan fingerprint density at radius 3 is 2.71 bits per heavy atom. The second-order valence-corrected chi connectivity index (χ2v) is 5.30. The molecule has 0 spiro atoms. The van der Waals surface area contributed by atoms with Crippen molar-refractivity contribution in [3.05, 3.63) is 40.6 Å². The number of hydrogen-bond acceptors (Lipinski definition) is 5. The number of para-hydroxylation sites is 1. The first-order chi connectivity index (χ1) is 10.0. The molecule has 1 aromatic carbocycles. The number of nitro groups is 1. The highest BCUT2D eigenvalue weighted by molar-refractivity contribution is 5.95. The van der Waals surface area contributed by atoms with Crippen LogP contribution in [0.4, 0.5) is 11.4 Å². The van der Waals surface area contributed by atoms with Crippen LogP contribution in [0.2, 0.25) is 0 Å². The first-order valence-corrected chi connectivity index (χ1v) is 6.94. The number of benzene rings is 1. The summed E-state index contributed by atoms with van der Waals surface area (Å²) in [6.07, 6.45) is 1.81. The molecule has 21 heavy (non-hydrogen) atoms. The highest BCUT2D eigenvalue weighted by Gasteiger charge is 2.22. The zero-order chi connectivity index (χ0) is 15.4. The molecule has 0 bridgehead atoms. The number of nitrogens with zero attached hydrogens (tertiary/aromatic N) is 2. The Labute approximate surface area is 123 Å². The van der Waals surface area contributed by atoms with E-state index < -0.39 is 4.92 Å². The van der Waals surface area contributed by atoms with Gasteiger partial charge in [-0.3, -0.25) is 10.1 Å².